The SMILES string of the molecule is N=C(N)c1cc(Cn2ccnc2-c2ccccc2)ccn1. The van der Waals surface area contributed by atoms with Crippen molar-refractivity contribution in [2.75, 3.05) is 0 Å². The molecule has 3 N–H and O–H groups in total. The molecule has 104 valence electrons. The van der Waals surface area contributed by atoms with Crippen LogP contribution in [0.4, 0.5) is 0 Å². The first-order chi connectivity index (χ1) is 10.2. The summed E-state index contributed by atoms with van der Waals surface area (Å²) >= 11 is 0. The van der Waals surface area contributed by atoms with Crippen LogP contribution in [0.3, 0.4) is 0 Å². The second-order valence-electron chi connectivity index (χ2n) is 4.71. The van der Waals surface area contributed by atoms with E-state index in [-0.39, 0.29) is 5.84 Å². The zero-order valence-corrected chi connectivity index (χ0v) is 11.4. The van der Waals surface area contributed by atoms with Crippen molar-refractivity contribution in [1.29, 1.82) is 5.41 Å². The number of nitrogens with one attached hydrogen (secondary N) is 1. The van der Waals surface area contributed by atoms with Gasteiger partial charge in [-0.05, 0) is 17.7 Å². The van der Waals surface area contributed by atoms with Crippen molar-refractivity contribution in [2.45, 2.75) is 6.54 Å². The fourth-order valence-electron chi connectivity index (χ4n) is 2.20. The van der Waals surface area contributed by atoms with E-state index in [1.54, 1.807) is 12.4 Å². The molecule has 0 saturated carbocycles. The summed E-state index contributed by atoms with van der Waals surface area (Å²) in [6.07, 6.45) is 5.40. The number of hydrogen-bond donors (Lipinski definition) is 2. The summed E-state index contributed by atoms with van der Waals surface area (Å²) < 4.78 is 2.06. The van der Waals surface area contributed by atoms with Gasteiger partial charge in [0.25, 0.3) is 0 Å². The Morgan fingerprint density at radius 2 is 1.90 bits per heavy atom. The molecule has 0 spiro atoms. The molecular formula is C16H15N5. The van der Waals surface area contributed by atoms with E-state index >= 15 is 0 Å². The summed E-state index contributed by atoms with van der Waals surface area (Å²) in [6, 6.07) is 13.8. The van der Waals surface area contributed by atoms with Crippen molar-refractivity contribution < 1.29 is 0 Å². The second-order valence-corrected chi connectivity index (χ2v) is 4.71. The largest absolute Gasteiger partial charge is 0.382 e. The van der Waals surface area contributed by atoms with Crippen molar-refractivity contribution >= 4 is 5.84 Å². The number of hydrogen-bond acceptors (Lipinski definition) is 3. The molecule has 5 nitrogen and oxygen atoms in total. The van der Waals surface area contributed by atoms with Crippen LogP contribution in [0, 0.1) is 5.41 Å². The topological polar surface area (TPSA) is 80.6 Å². The number of imidazole rings is 1. The number of nitrogens with two attached hydrogens (primary N) is 1. The van der Waals surface area contributed by atoms with Crippen molar-refractivity contribution in [1.82, 2.24) is 14.5 Å². The van der Waals surface area contributed by atoms with Gasteiger partial charge in [0.1, 0.15) is 17.4 Å². The number of rotatable bonds is 4. The molecule has 1 aromatic carbocycles. The van der Waals surface area contributed by atoms with Crippen LogP contribution in [0.5, 0.6) is 0 Å². The predicted octanol–water partition coefficient (Wildman–Crippen LogP) is 2.28. The molecular weight excluding hydrogens is 262 g/mol. The van der Waals surface area contributed by atoms with E-state index in [0.29, 0.717) is 12.2 Å². The minimum atomic E-state index is -0.0224. The van der Waals surface area contributed by atoms with Gasteiger partial charge in [-0.1, -0.05) is 30.3 Å². The monoisotopic (exact) mass is 277 g/mol. The zero-order chi connectivity index (χ0) is 14.7. The number of benzene rings is 1. The van der Waals surface area contributed by atoms with E-state index in [2.05, 4.69) is 14.5 Å². The Labute approximate surface area is 122 Å². The molecule has 0 amide bonds. The first kappa shape index (κ1) is 13.1. The Bertz CT molecular complexity index is 761. The molecule has 0 aliphatic heterocycles. The summed E-state index contributed by atoms with van der Waals surface area (Å²) in [4.78, 5) is 8.49. The zero-order valence-electron chi connectivity index (χ0n) is 11.4. The third-order valence-electron chi connectivity index (χ3n) is 3.20. The molecule has 0 saturated heterocycles. The molecule has 3 rings (SSSR count). The molecule has 5 heteroatoms. The van der Waals surface area contributed by atoms with E-state index in [0.717, 1.165) is 17.0 Å². The normalized spacial score (nSPS) is 10.5. The van der Waals surface area contributed by atoms with Crippen LogP contribution in [0.1, 0.15) is 11.3 Å². The lowest BCUT2D eigenvalue weighted by atomic mass is 10.2. The smallest absolute Gasteiger partial charge is 0.141 e. The number of amidine groups is 1. The van der Waals surface area contributed by atoms with E-state index in [1.807, 2.05) is 48.7 Å². The molecule has 0 aliphatic rings. The Morgan fingerprint density at radius 3 is 2.67 bits per heavy atom. The summed E-state index contributed by atoms with van der Waals surface area (Å²) in [7, 11) is 0. The molecule has 0 atom stereocenters. The fraction of sp³-hybridized carbons (Fsp3) is 0.0625. The van der Waals surface area contributed by atoms with E-state index in [4.69, 9.17) is 11.1 Å². The number of nitrogens with zero attached hydrogens (tertiary/aromatic N) is 3. The second kappa shape index (κ2) is 5.58. The molecule has 3 aromatic rings. The highest BCUT2D eigenvalue weighted by molar-refractivity contribution is 5.93. The molecule has 0 radical (unpaired) electrons. The predicted molar refractivity (Wildman–Crippen MR) is 82.0 cm³/mol. The third kappa shape index (κ3) is 2.81. The maximum absolute atomic E-state index is 7.45. The van der Waals surface area contributed by atoms with Gasteiger partial charge < -0.3 is 10.3 Å². The van der Waals surface area contributed by atoms with E-state index in [9.17, 15) is 0 Å². The van der Waals surface area contributed by atoms with E-state index < -0.39 is 0 Å². The average Bonchev–Trinajstić information content (AvgIpc) is 2.96. The Morgan fingerprint density at radius 1 is 1.10 bits per heavy atom. The quantitative estimate of drug-likeness (QED) is 0.567. The molecule has 0 bridgehead atoms. The van der Waals surface area contributed by atoms with Gasteiger partial charge in [0.2, 0.25) is 0 Å². The Balaban J connectivity index is 1.92. The minimum Gasteiger partial charge on any atom is -0.382 e. The van der Waals surface area contributed by atoms with Crippen LogP contribution in [0.15, 0.2) is 61.1 Å². The molecule has 2 heterocycles. The summed E-state index contributed by atoms with van der Waals surface area (Å²) in [5.41, 5.74) is 8.08. The maximum atomic E-state index is 7.45. The summed E-state index contributed by atoms with van der Waals surface area (Å²) in [5, 5.41) is 7.45. The lowest BCUT2D eigenvalue weighted by Gasteiger charge is -2.09. The van der Waals surface area contributed by atoms with Crippen molar-refractivity contribution in [2.24, 2.45) is 5.73 Å². The summed E-state index contributed by atoms with van der Waals surface area (Å²) in [6.45, 7) is 0.660. The third-order valence-corrected chi connectivity index (χ3v) is 3.20. The first-order valence-electron chi connectivity index (χ1n) is 6.60. The lowest BCUT2D eigenvalue weighted by molar-refractivity contribution is 0.805. The van der Waals surface area contributed by atoms with Gasteiger partial charge in [0, 0.05) is 30.7 Å². The van der Waals surface area contributed by atoms with E-state index in [1.165, 1.54) is 0 Å². The molecule has 0 aliphatic carbocycles. The molecule has 0 fully saturated rings. The maximum Gasteiger partial charge on any atom is 0.141 e. The Hall–Kier alpha value is -2.95. The van der Waals surface area contributed by atoms with Gasteiger partial charge in [-0.2, -0.15) is 0 Å². The van der Waals surface area contributed by atoms with Crippen molar-refractivity contribution in [3.63, 3.8) is 0 Å². The van der Waals surface area contributed by atoms with Crippen LogP contribution in [0.25, 0.3) is 11.4 Å². The number of aromatic nitrogens is 3. The number of nitrogen functional groups attached to an aromatic ring is 1. The molecule has 0 unspecified atom stereocenters. The standard InChI is InChI=1S/C16H15N5/c17-15(18)14-10-12(6-7-19-14)11-21-9-8-20-16(21)13-4-2-1-3-5-13/h1-10H,11H2,(H3,17,18). The van der Waals surface area contributed by atoms with Gasteiger partial charge in [-0.15, -0.1) is 0 Å². The highest BCUT2D eigenvalue weighted by Crippen LogP contribution is 2.18. The average molecular weight is 277 g/mol. The van der Waals surface area contributed by atoms with Crippen molar-refractivity contribution in [3.8, 4) is 11.4 Å². The number of pyridine rings is 1. The molecule has 2 aromatic heterocycles. The minimum absolute atomic E-state index is 0.0224. The first-order valence-corrected chi connectivity index (χ1v) is 6.60. The highest BCUT2D eigenvalue weighted by atomic mass is 15.1. The van der Waals surface area contributed by atoms with Gasteiger partial charge in [0.05, 0.1) is 0 Å². The van der Waals surface area contributed by atoms with Crippen LogP contribution in [0.2, 0.25) is 0 Å². The van der Waals surface area contributed by atoms with Gasteiger partial charge >= 0.3 is 0 Å². The fourth-order valence-corrected chi connectivity index (χ4v) is 2.20. The van der Waals surface area contributed by atoms with Crippen LogP contribution in [-0.4, -0.2) is 20.4 Å². The van der Waals surface area contributed by atoms with Crippen molar-refractivity contribution in [3.05, 3.63) is 72.3 Å². The molecule has 21 heavy (non-hydrogen) atoms. The lowest BCUT2D eigenvalue weighted by Crippen LogP contribution is -2.13. The van der Waals surface area contributed by atoms with Gasteiger partial charge in [-0.3, -0.25) is 10.4 Å². The van der Waals surface area contributed by atoms with Crippen LogP contribution >= 0.6 is 0 Å². The van der Waals surface area contributed by atoms with Gasteiger partial charge in [0.15, 0.2) is 0 Å². The summed E-state index contributed by atoms with van der Waals surface area (Å²) in [5.74, 6) is 0.891. The van der Waals surface area contributed by atoms with Crippen LogP contribution < -0.4 is 5.73 Å². The van der Waals surface area contributed by atoms with Gasteiger partial charge in [-0.25, -0.2) is 4.98 Å². The highest BCUT2D eigenvalue weighted by Gasteiger charge is 2.07. The Kier molecular flexibility index (Phi) is 3.47. The van der Waals surface area contributed by atoms with Crippen LogP contribution in [-0.2, 0) is 6.54 Å².